The highest BCUT2D eigenvalue weighted by atomic mass is 127. The Morgan fingerprint density at radius 1 is 1.03 bits per heavy atom. The minimum atomic E-state index is 0.118. The van der Waals surface area contributed by atoms with Crippen molar-refractivity contribution in [1.29, 1.82) is 0 Å². The fraction of sp³-hybridized carbons (Fsp3) is 0.360. The average Bonchev–Trinajstić information content (AvgIpc) is 2.76. The van der Waals surface area contributed by atoms with E-state index in [1.54, 1.807) is 0 Å². The van der Waals surface area contributed by atoms with Gasteiger partial charge in [0, 0.05) is 46.9 Å². The predicted molar refractivity (Wildman–Crippen MR) is 137 cm³/mol. The number of carbonyl (C=O) groups excluding carboxylic acids is 1. The van der Waals surface area contributed by atoms with Crippen LogP contribution in [0.5, 0.6) is 0 Å². The van der Waals surface area contributed by atoms with Crippen molar-refractivity contribution in [2.75, 3.05) is 24.3 Å². The second kappa shape index (κ2) is 9.85. The van der Waals surface area contributed by atoms with Crippen LogP contribution in [-0.4, -0.2) is 37.1 Å². The molecule has 2 N–H and O–H groups in total. The largest absolute Gasteiger partial charge is 0.377 e. The van der Waals surface area contributed by atoms with Crippen LogP contribution >= 0.6 is 22.6 Å². The van der Waals surface area contributed by atoms with E-state index >= 15 is 0 Å². The van der Waals surface area contributed by atoms with E-state index in [1.807, 2.05) is 30.3 Å². The Morgan fingerprint density at radius 2 is 1.71 bits per heavy atom. The monoisotopic (exact) mass is 528 g/mol. The molecule has 0 unspecified atom stereocenters. The van der Waals surface area contributed by atoms with Crippen molar-refractivity contribution < 1.29 is 4.79 Å². The maximum atomic E-state index is 12.5. The van der Waals surface area contributed by atoms with Gasteiger partial charge < -0.3 is 15.5 Å². The zero-order valence-corrected chi connectivity index (χ0v) is 20.2. The molecule has 1 aliphatic rings. The van der Waals surface area contributed by atoms with Gasteiger partial charge >= 0.3 is 0 Å². The summed E-state index contributed by atoms with van der Waals surface area (Å²) in [6, 6.07) is 19.1. The summed E-state index contributed by atoms with van der Waals surface area (Å²) >= 11 is 2.29. The molecule has 1 amide bonds. The molecule has 5 nitrogen and oxygen atoms in total. The Balaban J connectivity index is 1.33. The second-order valence-corrected chi connectivity index (χ2v) is 9.63. The lowest BCUT2D eigenvalue weighted by atomic mass is 9.91. The third kappa shape index (κ3) is 5.47. The number of aromatic nitrogens is 1. The molecule has 1 fully saturated rings. The SMILES string of the molecule is CN(C)c1cc(NC2CCC(NC(=O)Cc3ccccc3I)CC2)nc2ccccc12. The number of nitrogens with one attached hydrogen (secondary N) is 2. The van der Waals surface area contributed by atoms with Crippen LogP contribution in [0.1, 0.15) is 31.2 Å². The number of hydrogen-bond donors (Lipinski definition) is 2. The minimum absolute atomic E-state index is 0.118. The number of pyridine rings is 1. The van der Waals surface area contributed by atoms with Gasteiger partial charge in [-0.25, -0.2) is 4.98 Å². The van der Waals surface area contributed by atoms with Gasteiger partial charge in [0.15, 0.2) is 0 Å². The first-order valence-corrected chi connectivity index (χ1v) is 11.9. The highest BCUT2D eigenvalue weighted by Gasteiger charge is 2.23. The normalized spacial score (nSPS) is 18.5. The van der Waals surface area contributed by atoms with E-state index in [0.717, 1.165) is 51.5 Å². The summed E-state index contributed by atoms with van der Waals surface area (Å²) < 4.78 is 1.14. The van der Waals surface area contributed by atoms with Crippen LogP contribution in [0.2, 0.25) is 0 Å². The Morgan fingerprint density at radius 3 is 2.45 bits per heavy atom. The van der Waals surface area contributed by atoms with Crippen LogP contribution in [0.3, 0.4) is 0 Å². The second-order valence-electron chi connectivity index (χ2n) is 8.47. The van der Waals surface area contributed by atoms with Crippen LogP contribution in [0.4, 0.5) is 11.5 Å². The van der Waals surface area contributed by atoms with Crippen LogP contribution in [-0.2, 0) is 11.2 Å². The van der Waals surface area contributed by atoms with Gasteiger partial charge in [-0.2, -0.15) is 0 Å². The molecular weight excluding hydrogens is 499 g/mol. The highest BCUT2D eigenvalue weighted by Crippen LogP contribution is 2.29. The van der Waals surface area contributed by atoms with E-state index in [0.29, 0.717) is 12.5 Å². The van der Waals surface area contributed by atoms with E-state index in [2.05, 4.69) is 76.5 Å². The molecule has 0 atom stereocenters. The van der Waals surface area contributed by atoms with Gasteiger partial charge in [0.1, 0.15) is 5.82 Å². The summed E-state index contributed by atoms with van der Waals surface area (Å²) in [4.78, 5) is 19.4. The van der Waals surface area contributed by atoms with Gasteiger partial charge in [0.2, 0.25) is 5.91 Å². The third-order valence-electron chi connectivity index (χ3n) is 5.93. The van der Waals surface area contributed by atoms with Gasteiger partial charge in [-0.3, -0.25) is 4.79 Å². The van der Waals surface area contributed by atoms with Crippen molar-refractivity contribution in [3.8, 4) is 0 Å². The molecule has 0 bridgehead atoms. The van der Waals surface area contributed by atoms with E-state index in [1.165, 1.54) is 5.69 Å². The summed E-state index contributed by atoms with van der Waals surface area (Å²) in [6.45, 7) is 0. The maximum absolute atomic E-state index is 12.5. The zero-order valence-electron chi connectivity index (χ0n) is 18.1. The number of fused-ring (bicyclic) bond motifs is 1. The highest BCUT2D eigenvalue weighted by molar-refractivity contribution is 14.1. The van der Waals surface area contributed by atoms with Crippen LogP contribution < -0.4 is 15.5 Å². The number of anilines is 2. The molecule has 162 valence electrons. The summed E-state index contributed by atoms with van der Waals surface area (Å²) in [7, 11) is 4.13. The van der Waals surface area contributed by atoms with Crippen molar-refractivity contribution in [2.24, 2.45) is 0 Å². The lowest BCUT2D eigenvalue weighted by molar-refractivity contribution is -0.121. The number of nitrogens with zero attached hydrogens (tertiary/aromatic N) is 2. The summed E-state index contributed by atoms with van der Waals surface area (Å²) in [5.41, 5.74) is 3.27. The van der Waals surface area contributed by atoms with Gasteiger partial charge in [-0.1, -0.05) is 36.4 Å². The molecule has 1 heterocycles. The van der Waals surface area contributed by atoms with Crippen LogP contribution in [0.15, 0.2) is 54.6 Å². The van der Waals surface area contributed by atoms with Gasteiger partial charge in [-0.05, 0) is 66.0 Å². The summed E-state index contributed by atoms with van der Waals surface area (Å²) in [6.07, 6.45) is 4.48. The molecule has 1 aromatic heterocycles. The number of rotatable bonds is 6. The number of para-hydroxylation sites is 1. The first-order valence-electron chi connectivity index (χ1n) is 10.9. The maximum Gasteiger partial charge on any atom is 0.224 e. The average molecular weight is 528 g/mol. The minimum Gasteiger partial charge on any atom is -0.377 e. The molecular formula is C25H29IN4O. The van der Waals surface area contributed by atoms with E-state index in [4.69, 9.17) is 4.98 Å². The Hall–Kier alpha value is -2.35. The van der Waals surface area contributed by atoms with Crippen molar-refractivity contribution in [3.05, 3.63) is 63.7 Å². The molecule has 3 aromatic rings. The van der Waals surface area contributed by atoms with Crippen molar-refractivity contribution in [3.63, 3.8) is 0 Å². The molecule has 0 radical (unpaired) electrons. The zero-order chi connectivity index (χ0) is 21.8. The van der Waals surface area contributed by atoms with E-state index in [-0.39, 0.29) is 11.9 Å². The number of amides is 1. The molecule has 2 aromatic carbocycles. The third-order valence-corrected chi connectivity index (χ3v) is 6.98. The number of benzene rings is 2. The van der Waals surface area contributed by atoms with Crippen LogP contribution in [0, 0.1) is 3.57 Å². The predicted octanol–water partition coefficient (Wildman–Crippen LogP) is 4.99. The van der Waals surface area contributed by atoms with Crippen molar-refractivity contribution in [1.82, 2.24) is 10.3 Å². The standard InChI is InChI=1S/C25H29IN4O/c1-30(2)23-16-24(29-22-10-6-4-8-20(22)23)27-18-11-13-19(14-12-18)28-25(31)15-17-7-3-5-9-21(17)26/h3-10,16,18-19H,11-15H2,1-2H3,(H,27,29)(H,28,31). The number of hydrogen-bond acceptors (Lipinski definition) is 4. The molecule has 0 saturated heterocycles. The summed E-state index contributed by atoms with van der Waals surface area (Å²) in [5.74, 6) is 1.04. The smallest absolute Gasteiger partial charge is 0.224 e. The Kier molecular flexibility index (Phi) is 6.95. The quantitative estimate of drug-likeness (QED) is 0.443. The summed E-state index contributed by atoms with van der Waals surface area (Å²) in [5, 5.41) is 8.04. The topological polar surface area (TPSA) is 57.3 Å². The van der Waals surface area contributed by atoms with Gasteiger partial charge in [0.05, 0.1) is 11.9 Å². The van der Waals surface area contributed by atoms with E-state index < -0.39 is 0 Å². The molecule has 1 aliphatic carbocycles. The Bertz CT molecular complexity index is 1060. The van der Waals surface area contributed by atoms with Crippen molar-refractivity contribution >= 4 is 50.9 Å². The van der Waals surface area contributed by atoms with Gasteiger partial charge in [0.25, 0.3) is 0 Å². The number of halogens is 1. The fourth-order valence-corrected chi connectivity index (χ4v) is 4.86. The molecule has 6 heteroatoms. The first-order chi connectivity index (χ1) is 15.0. The lowest BCUT2D eigenvalue weighted by Crippen LogP contribution is -2.40. The van der Waals surface area contributed by atoms with Gasteiger partial charge in [-0.15, -0.1) is 0 Å². The van der Waals surface area contributed by atoms with Crippen LogP contribution in [0.25, 0.3) is 10.9 Å². The molecule has 1 saturated carbocycles. The van der Waals surface area contributed by atoms with Crippen molar-refractivity contribution in [2.45, 2.75) is 44.2 Å². The molecule has 0 spiro atoms. The molecule has 4 rings (SSSR count). The molecule has 31 heavy (non-hydrogen) atoms. The lowest BCUT2D eigenvalue weighted by Gasteiger charge is -2.30. The Labute approximate surface area is 197 Å². The molecule has 0 aliphatic heterocycles. The number of carbonyl (C=O) groups is 1. The first kappa shape index (κ1) is 21.9. The van der Waals surface area contributed by atoms with E-state index in [9.17, 15) is 4.79 Å². The fourth-order valence-electron chi connectivity index (χ4n) is 4.29.